The Bertz CT molecular complexity index is 3460. The predicted molar refractivity (Wildman–Crippen MR) is 385 cm³/mol. The number of ether oxygens (including phenoxy) is 6. The average Bonchev–Trinajstić information content (AvgIpc) is 0.891. The van der Waals surface area contributed by atoms with Crippen molar-refractivity contribution >= 4 is 93.3 Å². The molecule has 3 aliphatic heterocycles. The SMILES string of the molecule is CCCCC(CC)COc1ccc(Br)cc1.CCCCC(CC)COc1ccc(N2c3ccc(Br)cc3Oc3cc(Br)ccc32)cc1.CCCCC(CC)COc1ccc(N2c3ccccc3Oc3ccccc32)cc1.c1ccc2c(c1)Nc1ccccc1O2. The number of para-hydroxylation sites is 8. The smallest absolute Gasteiger partial charge is 0.152 e. The topological polar surface area (TPSA) is 73.9 Å². The van der Waals surface area contributed by atoms with E-state index in [4.69, 9.17) is 28.4 Å². The van der Waals surface area contributed by atoms with Crippen molar-refractivity contribution in [2.24, 2.45) is 17.8 Å². The molecule has 0 saturated carbocycles. The largest absolute Gasteiger partial charge is 0.493 e. The molecular formula is C78H86Br3N3O6. The highest BCUT2D eigenvalue weighted by Crippen LogP contribution is 2.53. The number of nitrogens with one attached hydrogen (secondary N) is 1. The van der Waals surface area contributed by atoms with Gasteiger partial charge in [-0.2, -0.15) is 0 Å². The average molecular weight is 1400 g/mol. The zero-order valence-corrected chi connectivity index (χ0v) is 57.7. The number of anilines is 8. The van der Waals surface area contributed by atoms with Gasteiger partial charge >= 0.3 is 0 Å². The first kappa shape index (κ1) is 67.0. The summed E-state index contributed by atoms with van der Waals surface area (Å²) in [5.41, 5.74) is 8.32. The molecule has 3 aliphatic rings. The number of hydrogen-bond donors (Lipinski definition) is 1. The minimum atomic E-state index is 0.620. The molecule has 470 valence electrons. The first-order valence-corrected chi connectivity index (χ1v) is 34.7. The molecule has 3 atom stereocenters. The molecule has 1 N–H and O–H groups in total. The van der Waals surface area contributed by atoms with Crippen LogP contribution in [0.3, 0.4) is 0 Å². The predicted octanol–water partition coefficient (Wildman–Crippen LogP) is 25.8. The molecule has 90 heavy (non-hydrogen) atoms. The molecule has 0 saturated heterocycles. The van der Waals surface area contributed by atoms with Crippen LogP contribution in [0.5, 0.6) is 51.7 Å². The standard InChI is InChI=1S/C26H27Br2NO2.C26H29NO2.C14H21BrO.C12H9NO/c1-3-5-6-18(4-2)17-30-22-11-9-21(10-12-22)29-23-13-7-19(27)15-25(23)31-26-16-20(28)8-14-24(26)29;1-3-5-10-20(4-2)19-28-22-17-15-21(16-18-22)27-23-11-6-8-13-25(23)29-26-14-9-7-12-24(26)27;1-3-5-6-12(4-2)11-16-14-9-7-13(15)8-10-14;1-3-7-11-9(5-1)13-10-6-2-4-8-12(10)14-11/h7-16,18H,3-6,17H2,1-2H3;6-9,11-18,20H,3-5,10,19H2,1-2H3;7-10,12H,3-6,11H2,1-2H3;1-8,13H. The maximum absolute atomic E-state index is 6.20. The summed E-state index contributed by atoms with van der Waals surface area (Å²) >= 11 is 10.5. The first-order valence-electron chi connectivity index (χ1n) is 32.3. The van der Waals surface area contributed by atoms with Gasteiger partial charge < -0.3 is 43.5 Å². The fraction of sp³-hybridized carbons (Fsp3) is 0.308. The van der Waals surface area contributed by atoms with Gasteiger partial charge in [-0.15, -0.1) is 0 Å². The highest BCUT2D eigenvalue weighted by atomic mass is 79.9. The fourth-order valence-electron chi connectivity index (χ4n) is 10.8. The second-order valence-electron chi connectivity index (χ2n) is 22.9. The number of hydrogen-bond acceptors (Lipinski definition) is 9. The first-order chi connectivity index (χ1) is 44.1. The van der Waals surface area contributed by atoms with Gasteiger partial charge in [0.2, 0.25) is 0 Å². The summed E-state index contributed by atoms with van der Waals surface area (Å²) in [5.74, 6) is 9.91. The molecule has 12 rings (SSSR count). The number of fused-ring (bicyclic) bond motifs is 6. The molecule has 0 fully saturated rings. The second-order valence-corrected chi connectivity index (χ2v) is 25.6. The van der Waals surface area contributed by atoms with Crippen molar-refractivity contribution in [1.29, 1.82) is 0 Å². The van der Waals surface area contributed by atoms with E-state index < -0.39 is 0 Å². The number of halogens is 3. The van der Waals surface area contributed by atoms with Crippen molar-refractivity contribution in [3.05, 3.63) is 220 Å². The van der Waals surface area contributed by atoms with Crippen molar-refractivity contribution in [3.63, 3.8) is 0 Å². The van der Waals surface area contributed by atoms with Crippen LogP contribution >= 0.6 is 47.8 Å². The van der Waals surface area contributed by atoms with Gasteiger partial charge in [0.05, 0.1) is 53.9 Å². The quantitative estimate of drug-likeness (QED) is 0.0674. The van der Waals surface area contributed by atoms with Gasteiger partial charge in [0.15, 0.2) is 34.5 Å². The molecule has 9 nitrogen and oxygen atoms in total. The van der Waals surface area contributed by atoms with Crippen LogP contribution in [0, 0.1) is 17.8 Å². The summed E-state index contributed by atoms with van der Waals surface area (Å²) in [6.45, 7) is 15.9. The highest BCUT2D eigenvalue weighted by molar-refractivity contribution is 9.11. The van der Waals surface area contributed by atoms with Crippen LogP contribution in [-0.4, -0.2) is 19.8 Å². The summed E-state index contributed by atoms with van der Waals surface area (Å²) in [6.07, 6.45) is 14.9. The lowest BCUT2D eigenvalue weighted by molar-refractivity contribution is 0.233. The van der Waals surface area contributed by atoms with Crippen LogP contribution in [-0.2, 0) is 0 Å². The Labute approximate surface area is 560 Å². The minimum absolute atomic E-state index is 0.620. The number of nitrogens with zero attached hydrogens (tertiary/aromatic N) is 2. The van der Waals surface area contributed by atoms with Gasteiger partial charge in [0, 0.05) is 24.8 Å². The monoisotopic (exact) mass is 1400 g/mol. The number of unbranched alkanes of at least 4 members (excludes halogenated alkanes) is 3. The molecule has 0 aromatic heterocycles. The van der Waals surface area contributed by atoms with Gasteiger partial charge in [-0.1, -0.05) is 196 Å². The van der Waals surface area contributed by atoms with E-state index in [1.807, 2.05) is 133 Å². The lowest BCUT2D eigenvalue weighted by Gasteiger charge is -2.33. The van der Waals surface area contributed by atoms with E-state index in [0.717, 1.165) is 137 Å². The Morgan fingerprint density at radius 1 is 0.344 bits per heavy atom. The van der Waals surface area contributed by atoms with Crippen LogP contribution in [0.15, 0.2) is 220 Å². The van der Waals surface area contributed by atoms with E-state index in [2.05, 4.69) is 177 Å². The molecule has 9 aromatic rings. The van der Waals surface area contributed by atoms with Crippen molar-refractivity contribution in [2.45, 2.75) is 119 Å². The summed E-state index contributed by atoms with van der Waals surface area (Å²) in [7, 11) is 0. The van der Waals surface area contributed by atoms with Gasteiger partial charge in [-0.3, -0.25) is 0 Å². The normalized spacial score (nSPS) is 12.9. The summed E-state index contributed by atoms with van der Waals surface area (Å²) in [5, 5.41) is 3.32. The van der Waals surface area contributed by atoms with Crippen LogP contribution < -0.4 is 43.5 Å². The van der Waals surface area contributed by atoms with Crippen LogP contribution in [0.25, 0.3) is 0 Å². The van der Waals surface area contributed by atoms with Gasteiger partial charge in [0.1, 0.15) is 17.2 Å². The van der Waals surface area contributed by atoms with E-state index >= 15 is 0 Å². The van der Waals surface area contributed by atoms with E-state index in [9.17, 15) is 0 Å². The fourth-order valence-corrected chi connectivity index (χ4v) is 11.8. The van der Waals surface area contributed by atoms with E-state index in [1.165, 1.54) is 70.6 Å². The van der Waals surface area contributed by atoms with Crippen molar-refractivity contribution < 1.29 is 28.4 Å². The minimum Gasteiger partial charge on any atom is -0.493 e. The van der Waals surface area contributed by atoms with E-state index in [-0.39, 0.29) is 0 Å². The molecule has 3 heterocycles. The molecule has 0 spiro atoms. The van der Waals surface area contributed by atoms with Crippen molar-refractivity contribution in [2.75, 3.05) is 34.9 Å². The molecule has 0 bridgehead atoms. The highest BCUT2D eigenvalue weighted by Gasteiger charge is 2.28. The van der Waals surface area contributed by atoms with Crippen LogP contribution in [0.4, 0.5) is 45.5 Å². The zero-order valence-electron chi connectivity index (χ0n) is 52.9. The van der Waals surface area contributed by atoms with E-state index in [0.29, 0.717) is 17.8 Å². The second kappa shape index (κ2) is 34.7. The molecule has 0 amide bonds. The summed E-state index contributed by atoms with van der Waals surface area (Å²) < 4.78 is 39.1. The Balaban J connectivity index is 0.000000150. The number of rotatable bonds is 23. The van der Waals surface area contributed by atoms with Gasteiger partial charge in [-0.25, -0.2) is 0 Å². The third-order valence-corrected chi connectivity index (χ3v) is 17.8. The van der Waals surface area contributed by atoms with Gasteiger partial charge in [-0.05, 0) is 195 Å². The van der Waals surface area contributed by atoms with E-state index in [1.54, 1.807) is 0 Å². The Morgan fingerprint density at radius 2 is 0.656 bits per heavy atom. The Morgan fingerprint density at radius 3 is 1.03 bits per heavy atom. The summed E-state index contributed by atoms with van der Waals surface area (Å²) in [6, 6.07) is 69.2. The summed E-state index contributed by atoms with van der Waals surface area (Å²) in [4.78, 5) is 4.47. The van der Waals surface area contributed by atoms with Crippen LogP contribution in [0.2, 0.25) is 0 Å². The molecular weight excluding hydrogens is 1310 g/mol. The molecule has 12 heteroatoms. The maximum atomic E-state index is 6.20. The van der Waals surface area contributed by atoms with Gasteiger partial charge in [0.25, 0.3) is 0 Å². The molecule has 3 unspecified atom stereocenters. The molecule has 0 radical (unpaired) electrons. The molecule has 9 aromatic carbocycles. The van der Waals surface area contributed by atoms with Crippen LogP contribution in [0.1, 0.15) is 119 Å². The Kier molecular flexibility index (Phi) is 25.9. The van der Waals surface area contributed by atoms with Crippen molar-refractivity contribution in [1.82, 2.24) is 0 Å². The third kappa shape index (κ3) is 18.6. The van der Waals surface area contributed by atoms with Crippen molar-refractivity contribution in [3.8, 4) is 51.7 Å². The Hall–Kier alpha value is -7.38. The zero-order chi connectivity index (χ0) is 63.0. The lowest BCUT2D eigenvalue weighted by atomic mass is 10.0. The lowest BCUT2D eigenvalue weighted by Crippen LogP contribution is -2.16. The third-order valence-electron chi connectivity index (χ3n) is 16.3. The molecule has 0 aliphatic carbocycles. The number of benzene rings is 9. The maximum Gasteiger partial charge on any atom is 0.152 e.